The van der Waals surface area contributed by atoms with Crippen molar-refractivity contribution in [1.82, 2.24) is 15.0 Å². The molecule has 0 unspecified atom stereocenters. The van der Waals surface area contributed by atoms with Crippen molar-refractivity contribution in [3.8, 4) is 17.2 Å². The Morgan fingerprint density at radius 3 is 2.69 bits per heavy atom. The topological polar surface area (TPSA) is 86.5 Å². The number of aromatic hydroxyl groups is 1. The standard InChI is InChI=1S/C18H16FN3O4/c1-10(2)18(24)26-9-11-6-13(25-3)8-16(17(11)23)22-20-14-5-4-12(19)7-15(14)21-22/h4-8,23H,1,9H2,2-3H3. The van der Waals surface area contributed by atoms with Crippen LogP contribution in [0.5, 0.6) is 11.5 Å². The molecule has 0 saturated heterocycles. The van der Waals surface area contributed by atoms with Crippen LogP contribution >= 0.6 is 0 Å². The number of rotatable bonds is 5. The van der Waals surface area contributed by atoms with E-state index in [-0.39, 0.29) is 23.6 Å². The van der Waals surface area contributed by atoms with Gasteiger partial charge in [-0.2, -0.15) is 0 Å². The second-order valence-electron chi connectivity index (χ2n) is 5.63. The maximum atomic E-state index is 13.3. The molecular formula is C18H16FN3O4. The summed E-state index contributed by atoms with van der Waals surface area (Å²) < 4.78 is 23.7. The van der Waals surface area contributed by atoms with Crippen molar-refractivity contribution < 1.29 is 23.8 Å². The van der Waals surface area contributed by atoms with Crippen LogP contribution in [0.3, 0.4) is 0 Å². The number of carbonyl (C=O) groups is 1. The molecule has 0 spiro atoms. The number of nitrogens with zero attached hydrogens (tertiary/aromatic N) is 3. The summed E-state index contributed by atoms with van der Waals surface area (Å²) in [7, 11) is 1.46. The molecule has 0 amide bonds. The fraction of sp³-hybridized carbons (Fsp3) is 0.167. The number of halogens is 1. The first-order valence-corrected chi connectivity index (χ1v) is 7.64. The van der Waals surface area contributed by atoms with Crippen LogP contribution in [0.4, 0.5) is 4.39 Å². The third-order valence-corrected chi connectivity index (χ3v) is 3.64. The zero-order chi connectivity index (χ0) is 18.8. The summed E-state index contributed by atoms with van der Waals surface area (Å²) in [6.45, 7) is 4.85. The average molecular weight is 357 g/mol. The van der Waals surface area contributed by atoms with Crippen LogP contribution in [0, 0.1) is 5.82 Å². The smallest absolute Gasteiger partial charge is 0.333 e. The molecule has 0 aliphatic rings. The summed E-state index contributed by atoms with van der Waals surface area (Å²) in [4.78, 5) is 12.8. The molecule has 3 aromatic rings. The predicted octanol–water partition coefficient (Wildman–Crippen LogP) is 2.89. The van der Waals surface area contributed by atoms with Gasteiger partial charge in [0.05, 0.1) is 7.11 Å². The number of fused-ring (bicyclic) bond motifs is 1. The highest BCUT2D eigenvalue weighted by molar-refractivity contribution is 5.87. The number of ether oxygens (including phenoxy) is 2. The number of carbonyl (C=O) groups excluding carboxylic acids is 1. The van der Waals surface area contributed by atoms with Crippen molar-refractivity contribution in [2.45, 2.75) is 13.5 Å². The molecule has 0 aliphatic heterocycles. The van der Waals surface area contributed by atoms with Crippen LogP contribution in [0.15, 0.2) is 42.5 Å². The van der Waals surface area contributed by atoms with Gasteiger partial charge in [-0.1, -0.05) is 6.58 Å². The Labute approximate surface area is 148 Å². The van der Waals surface area contributed by atoms with Gasteiger partial charge in [-0.05, 0) is 25.1 Å². The predicted molar refractivity (Wildman–Crippen MR) is 91.6 cm³/mol. The molecule has 1 N–H and O–H groups in total. The number of phenolic OH excluding ortho intramolecular Hbond substituents is 1. The Morgan fingerprint density at radius 1 is 1.27 bits per heavy atom. The Balaban J connectivity index is 2.03. The highest BCUT2D eigenvalue weighted by Crippen LogP contribution is 2.32. The van der Waals surface area contributed by atoms with E-state index in [4.69, 9.17) is 9.47 Å². The lowest BCUT2D eigenvalue weighted by Gasteiger charge is -2.12. The lowest BCUT2D eigenvalue weighted by molar-refractivity contribution is -0.140. The third-order valence-electron chi connectivity index (χ3n) is 3.64. The lowest BCUT2D eigenvalue weighted by Crippen LogP contribution is -2.07. The first-order valence-electron chi connectivity index (χ1n) is 7.64. The molecular weight excluding hydrogens is 341 g/mol. The highest BCUT2D eigenvalue weighted by atomic mass is 19.1. The van der Waals surface area contributed by atoms with E-state index in [1.807, 2.05) is 0 Å². The van der Waals surface area contributed by atoms with Crippen LogP contribution < -0.4 is 4.74 Å². The molecule has 0 fully saturated rings. The van der Waals surface area contributed by atoms with E-state index >= 15 is 0 Å². The highest BCUT2D eigenvalue weighted by Gasteiger charge is 2.17. The van der Waals surface area contributed by atoms with E-state index in [1.165, 1.54) is 49.2 Å². The maximum absolute atomic E-state index is 13.3. The van der Waals surface area contributed by atoms with Gasteiger partial charge in [-0.25, -0.2) is 9.18 Å². The first kappa shape index (κ1) is 17.4. The zero-order valence-corrected chi connectivity index (χ0v) is 14.2. The number of phenols is 1. The molecule has 7 nitrogen and oxygen atoms in total. The molecule has 0 saturated carbocycles. The van der Waals surface area contributed by atoms with Crippen molar-refractivity contribution in [1.29, 1.82) is 0 Å². The van der Waals surface area contributed by atoms with Crippen LogP contribution in [0.1, 0.15) is 12.5 Å². The normalized spacial score (nSPS) is 10.7. The van der Waals surface area contributed by atoms with Gasteiger partial charge in [0.1, 0.15) is 40.6 Å². The van der Waals surface area contributed by atoms with E-state index in [0.717, 1.165) is 0 Å². The number of benzene rings is 2. The lowest BCUT2D eigenvalue weighted by atomic mass is 10.1. The van der Waals surface area contributed by atoms with Crippen molar-refractivity contribution in [3.05, 3.63) is 53.9 Å². The Hall–Kier alpha value is -3.42. The zero-order valence-electron chi connectivity index (χ0n) is 14.2. The molecule has 0 radical (unpaired) electrons. The minimum Gasteiger partial charge on any atom is -0.505 e. The van der Waals surface area contributed by atoms with Gasteiger partial charge in [0.25, 0.3) is 0 Å². The second-order valence-corrected chi connectivity index (χ2v) is 5.63. The average Bonchev–Trinajstić information content (AvgIpc) is 3.03. The fourth-order valence-electron chi connectivity index (χ4n) is 2.29. The van der Waals surface area contributed by atoms with Crippen LogP contribution in [-0.4, -0.2) is 33.2 Å². The van der Waals surface area contributed by atoms with E-state index in [1.54, 1.807) is 0 Å². The summed E-state index contributed by atoms with van der Waals surface area (Å²) in [5.41, 5.74) is 1.56. The SMILES string of the molecule is C=C(C)C(=O)OCc1cc(OC)cc(-n2nc3ccc(F)cc3n2)c1O. The molecule has 1 heterocycles. The second kappa shape index (κ2) is 6.83. The molecule has 26 heavy (non-hydrogen) atoms. The largest absolute Gasteiger partial charge is 0.505 e. The summed E-state index contributed by atoms with van der Waals surface area (Å²) in [6, 6.07) is 7.06. The van der Waals surface area contributed by atoms with Crippen molar-refractivity contribution in [3.63, 3.8) is 0 Å². The Morgan fingerprint density at radius 2 is 2.00 bits per heavy atom. The molecule has 1 aromatic heterocycles. The molecule has 134 valence electrons. The van der Waals surface area contributed by atoms with Gasteiger partial charge in [0.2, 0.25) is 0 Å². The van der Waals surface area contributed by atoms with Crippen molar-refractivity contribution in [2.24, 2.45) is 0 Å². The van der Waals surface area contributed by atoms with Gasteiger partial charge in [-0.15, -0.1) is 15.0 Å². The number of hydrogen-bond acceptors (Lipinski definition) is 6. The Bertz CT molecular complexity index is 1010. The molecule has 0 bridgehead atoms. The van der Waals surface area contributed by atoms with Gasteiger partial charge in [-0.3, -0.25) is 0 Å². The molecule has 8 heteroatoms. The number of aromatic nitrogens is 3. The summed E-state index contributed by atoms with van der Waals surface area (Å²) in [5, 5.41) is 18.9. The molecule has 0 atom stereocenters. The number of hydrogen-bond donors (Lipinski definition) is 1. The number of esters is 1. The van der Waals surface area contributed by atoms with E-state index in [9.17, 15) is 14.3 Å². The monoisotopic (exact) mass is 357 g/mol. The molecule has 0 aliphatic carbocycles. The molecule has 2 aromatic carbocycles. The van der Waals surface area contributed by atoms with Crippen LogP contribution in [0.25, 0.3) is 16.7 Å². The van der Waals surface area contributed by atoms with Crippen LogP contribution in [0.2, 0.25) is 0 Å². The van der Waals surface area contributed by atoms with E-state index in [0.29, 0.717) is 22.3 Å². The molecule has 3 rings (SSSR count). The van der Waals surface area contributed by atoms with Gasteiger partial charge >= 0.3 is 5.97 Å². The van der Waals surface area contributed by atoms with E-state index in [2.05, 4.69) is 16.8 Å². The van der Waals surface area contributed by atoms with Crippen molar-refractivity contribution in [2.75, 3.05) is 7.11 Å². The summed E-state index contributed by atoms with van der Waals surface area (Å²) in [6.07, 6.45) is 0. The van der Waals surface area contributed by atoms with Gasteiger partial charge in [0, 0.05) is 23.3 Å². The van der Waals surface area contributed by atoms with Gasteiger partial charge < -0.3 is 14.6 Å². The van der Waals surface area contributed by atoms with Crippen molar-refractivity contribution >= 4 is 17.0 Å². The fourth-order valence-corrected chi connectivity index (χ4v) is 2.29. The minimum atomic E-state index is -0.577. The summed E-state index contributed by atoms with van der Waals surface area (Å²) in [5.74, 6) is -0.785. The van der Waals surface area contributed by atoms with Gasteiger partial charge in [0.15, 0.2) is 0 Å². The first-order chi connectivity index (χ1) is 12.4. The quantitative estimate of drug-likeness (QED) is 0.558. The maximum Gasteiger partial charge on any atom is 0.333 e. The third kappa shape index (κ3) is 3.34. The Kier molecular flexibility index (Phi) is 4.57. The van der Waals surface area contributed by atoms with E-state index < -0.39 is 11.8 Å². The van der Waals surface area contributed by atoms with Crippen LogP contribution in [-0.2, 0) is 16.1 Å². The number of methoxy groups -OCH3 is 1. The minimum absolute atomic E-state index is 0.180. The summed E-state index contributed by atoms with van der Waals surface area (Å²) >= 11 is 0.